The van der Waals surface area contributed by atoms with Crippen molar-refractivity contribution in [2.75, 3.05) is 0 Å². The van der Waals surface area contributed by atoms with Crippen LogP contribution in [0.25, 0.3) is 83.3 Å². The Labute approximate surface area is 271 Å². The first-order chi connectivity index (χ1) is 23.1. The quantitative estimate of drug-likeness (QED) is 0.202. The Balaban J connectivity index is 1.24. The third-order valence-corrected chi connectivity index (χ3v) is 9.99. The van der Waals surface area contributed by atoms with Gasteiger partial charge in [0.2, 0.25) is 0 Å². The molecule has 0 aliphatic carbocycles. The molecule has 4 heteroatoms. The first kappa shape index (κ1) is 26.2. The molecule has 1 aliphatic rings. The molecule has 0 saturated heterocycles. The van der Waals surface area contributed by atoms with Crippen LogP contribution in [0.2, 0.25) is 0 Å². The van der Waals surface area contributed by atoms with Gasteiger partial charge in [0.05, 0.1) is 22.4 Å². The molecule has 0 radical (unpaired) electrons. The van der Waals surface area contributed by atoms with Crippen molar-refractivity contribution in [1.82, 2.24) is 14.5 Å². The van der Waals surface area contributed by atoms with Crippen LogP contribution >= 0.6 is 0 Å². The van der Waals surface area contributed by atoms with E-state index in [0.717, 1.165) is 66.4 Å². The zero-order valence-corrected chi connectivity index (χ0v) is 26.0. The summed E-state index contributed by atoms with van der Waals surface area (Å²) in [6.07, 6.45) is 0. The topological polar surface area (TPSA) is 43.9 Å². The predicted octanol–water partition coefficient (Wildman–Crippen LogP) is 11.1. The van der Waals surface area contributed by atoms with Crippen molar-refractivity contribution in [1.29, 1.82) is 0 Å². The molecular formula is C43H29N3O. The van der Waals surface area contributed by atoms with Gasteiger partial charge < -0.3 is 8.98 Å². The molecule has 222 valence electrons. The van der Waals surface area contributed by atoms with Crippen LogP contribution in [0.15, 0.2) is 144 Å². The second kappa shape index (κ2) is 9.51. The number of hydrogen-bond acceptors (Lipinski definition) is 3. The molecule has 3 aromatic heterocycles. The molecule has 6 aromatic carbocycles. The predicted molar refractivity (Wildman–Crippen MR) is 192 cm³/mol. The molecule has 4 heterocycles. The van der Waals surface area contributed by atoms with Gasteiger partial charge in [0.25, 0.3) is 0 Å². The van der Waals surface area contributed by atoms with Crippen molar-refractivity contribution in [2.24, 2.45) is 0 Å². The summed E-state index contributed by atoms with van der Waals surface area (Å²) in [5.74, 6) is 0.714. The lowest BCUT2D eigenvalue weighted by Gasteiger charge is -2.35. The van der Waals surface area contributed by atoms with Gasteiger partial charge in [-0.1, -0.05) is 117 Å². The van der Waals surface area contributed by atoms with Crippen LogP contribution < -0.4 is 0 Å². The van der Waals surface area contributed by atoms with Gasteiger partial charge >= 0.3 is 0 Å². The fraction of sp³-hybridized carbons (Fsp3) is 0.0698. The molecule has 0 N–H and O–H groups in total. The maximum Gasteiger partial charge on any atom is 0.161 e. The average molecular weight is 604 g/mol. The lowest BCUT2D eigenvalue weighted by Crippen LogP contribution is -2.26. The number of para-hydroxylation sites is 3. The lowest BCUT2D eigenvalue weighted by molar-refractivity contribution is 0.630. The molecule has 0 amide bonds. The highest BCUT2D eigenvalue weighted by atomic mass is 16.3. The van der Waals surface area contributed by atoms with Crippen LogP contribution in [-0.4, -0.2) is 14.5 Å². The van der Waals surface area contributed by atoms with E-state index in [-0.39, 0.29) is 5.41 Å². The van der Waals surface area contributed by atoms with E-state index < -0.39 is 0 Å². The Hall–Kier alpha value is -6.00. The maximum absolute atomic E-state index is 6.55. The number of furan rings is 1. The van der Waals surface area contributed by atoms with E-state index >= 15 is 0 Å². The van der Waals surface area contributed by atoms with Crippen LogP contribution in [0.5, 0.6) is 0 Å². The van der Waals surface area contributed by atoms with Crippen molar-refractivity contribution in [2.45, 2.75) is 19.3 Å². The third-order valence-electron chi connectivity index (χ3n) is 9.99. The number of aromatic nitrogens is 3. The summed E-state index contributed by atoms with van der Waals surface area (Å²) < 4.78 is 8.99. The molecule has 4 nitrogen and oxygen atoms in total. The molecule has 1 aliphatic heterocycles. The summed E-state index contributed by atoms with van der Waals surface area (Å²) in [4.78, 5) is 10.4. The zero-order chi connectivity index (χ0) is 31.3. The second-order valence-corrected chi connectivity index (χ2v) is 13.0. The Morgan fingerprint density at radius 1 is 0.532 bits per heavy atom. The highest BCUT2D eigenvalue weighted by Crippen LogP contribution is 2.50. The van der Waals surface area contributed by atoms with E-state index in [1.807, 2.05) is 18.2 Å². The molecule has 0 bridgehead atoms. The minimum atomic E-state index is -0.203. The fourth-order valence-electron chi connectivity index (χ4n) is 7.69. The smallest absolute Gasteiger partial charge is 0.161 e. The highest BCUT2D eigenvalue weighted by molar-refractivity contribution is 6.18. The number of rotatable bonds is 3. The number of nitrogens with zero attached hydrogens (tertiary/aromatic N) is 3. The molecule has 0 unspecified atom stereocenters. The van der Waals surface area contributed by atoms with Gasteiger partial charge in [0, 0.05) is 32.7 Å². The number of hydrogen-bond donors (Lipinski definition) is 0. The minimum absolute atomic E-state index is 0.203. The Morgan fingerprint density at radius 2 is 1.26 bits per heavy atom. The van der Waals surface area contributed by atoms with E-state index in [0.29, 0.717) is 5.82 Å². The second-order valence-electron chi connectivity index (χ2n) is 13.0. The van der Waals surface area contributed by atoms with Crippen molar-refractivity contribution in [3.63, 3.8) is 0 Å². The lowest BCUT2D eigenvalue weighted by atomic mass is 9.74. The van der Waals surface area contributed by atoms with Gasteiger partial charge in [-0.2, -0.15) is 0 Å². The Bertz CT molecular complexity index is 2710. The molecule has 0 spiro atoms. The normalized spacial score (nSPS) is 13.5. The monoisotopic (exact) mass is 603 g/mol. The molecule has 0 saturated carbocycles. The van der Waals surface area contributed by atoms with Gasteiger partial charge in [0.15, 0.2) is 11.4 Å². The van der Waals surface area contributed by atoms with E-state index in [4.69, 9.17) is 14.4 Å². The minimum Gasteiger partial charge on any atom is -0.454 e. The van der Waals surface area contributed by atoms with Crippen molar-refractivity contribution >= 4 is 43.9 Å². The van der Waals surface area contributed by atoms with Gasteiger partial charge in [0.1, 0.15) is 11.1 Å². The first-order valence-electron chi connectivity index (χ1n) is 16.1. The van der Waals surface area contributed by atoms with Crippen LogP contribution in [0.3, 0.4) is 0 Å². The zero-order valence-electron chi connectivity index (χ0n) is 26.0. The largest absolute Gasteiger partial charge is 0.454 e. The van der Waals surface area contributed by atoms with Gasteiger partial charge in [-0.25, -0.2) is 9.97 Å². The molecule has 47 heavy (non-hydrogen) atoms. The average Bonchev–Trinajstić information content (AvgIpc) is 3.66. The summed E-state index contributed by atoms with van der Waals surface area (Å²) >= 11 is 0. The molecular weight excluding hydrogens is 574 g/mol. The molecule has 10 rings (SSSR count). The summed E-state index contributed by atoms with van der Waals surface area (Å²) in [5.41, 5.74) is 13.9. The van der Waals surface area contributed by atoms with Gasteiger partial charge in [-0.3, -0.25) is 0 Å². The number of fused-ring (bicyclic) bond motifs is 8. The van der Waals surface area contributed by atoms with Crippen LogP contribution in [0.4, 0.5) is 0 Å². The summed E-state index contributed by atoms with van der Waals surface area (Å²) in [5, 5.41) is 3.29. The van der Waals surface area contributed by atoms with E-state index in [9.17, 15) is 0 Å². The van der Waals surface area contributed by atoms with E-state index in [1.165, 1.54) is 22.2 Å². The Kier molecular flexibility index (Phi) is 5.31. The summed E-state index contributed by atoms with van der Waals surface area (Å²) in [6, 6.07) is 49.1. The van der Waals surface area contributed by atoms with Crippen LogP contribution in [0.1, 0.15) is 25.0 Å². The SMILES string of the molecule is CC1(C)c2ccc(-c3nc(-c4cccc(-c5ccccc5)c4)nc4ccccc34)cc2-n2c3c1cccc3c1oc3ccccc3c12. The number of benzene rings is 6. The molecule has 9 aromatic rings. The van der Waals surface area contributed by atoms with Crippen molar-refractivity contribution in [3.05, 3.63) is 151 Å². The summed E-state index contributed by atoms with van der Waals surface area (Å²) in [6.45, 7) is 4.66. The van der Waals surface area contributed by atoms with Gasteiger partial charge in [-0.15, -0.1) is 0 Å². The standard InChI is InChI=1S/C43H29N3O/c1-43(2)33-23-22-28(25-36(33)46-39-32(18-11-19-34(39)43)41-40(46)31-17-7-9-21-37(31)47-41)38-30-16-6-8-20-35(30)44-42(45-38)29-15-10-14-27(24-29)26-12-4-3-5-13-26/h3-25H,1-2H3. The summed E-state index contributed by atoms with van der Waals surface area (Å²) in [7, 11) is 0. The van der Waals surface area contributed by atoms with Crippen LogP contribution in [-0.2, 0) is 5.41 Å². The maximum atomic E-state index is 6.55. The Morgan fingerprint density at radius 3 is 2.15 bits per heavy atom. The molecule has 0 atom stereocenters. The van der Waals surface area contributed by atoms with Crippen LogP contribution in [0, 0.1) is 0 Å². The fourth-order valence-corrected chi connectivity index (χ4v) is 7.69. The molecule has 0 fully saturated rings. The van der Waals surface area contributed by atoms with Gasteiger partial charge in [-0.05, 0) is 58.7 Å². The van der Waals surface area contributed by atoms with E-state index in [2.05, 4.69) is 140 Å². The highest BCUT2D eigenvalue weighted by Gasteiger charge is 2.36. The third kappa shape index (κ3) is 3.70. The van der Waals surface area contributed by atoms with Crippen molar-refractivity contribution in [3.8, 4) is 39.5 Å². The van der Waals surface area contributed by atoms with E-state index in [1.54, 1.807) is 0 Å². The first-order valence-corrected chi connectivity index (χ1v) is 16.1. The van der Waals surface area contributed by atoms with Crippen molar-refractivity contribution < 1.29 is 4.42 Å².